The molecule has 0 amide bonds. The Morgan fingerprint density at radius 1 is 1.16 bits per heavy atom. The summed E-state index contributed by atoms with van der Waals surface area (Å²) in [4.78, 5) is 0. The Labute approximate surface area is 120 Å². The third-order valence-electron chi connectivity index (χ3n) is 3.28. The Morgan fingerprint density at radius 2 is 1.84 bits per heavy atom. The molecule has 0 unspecified atom stereocenters. The summed E-state index contributed by atoms with van der Waals surface area (Å²) in [5.74, 6) is 0.945. The molecule has 5 heteroatoms. The number of hydrogen-bond donors (Lipinski definition) is 1. The topological polar surface area (TPSA) is 46.2 Å². The zero-order valence-electron chi connectivity index (χ0n) is 11.0. The van der Waals surface area contributed by atoms with E-state index in [0.717, 1.165) is 16.6 Å². The van der Waals surface area contributed by atoms with Crippen LogP contribution in [-0.4, -0.2) is 26.0 Å². The van der Waals surface area contributed by atoms with E-state index in [-0.39, 0.29) is 5.75 Å². The normalized spacial score (nSPS) is 16.8. The van der Waals surface area contributed by atoms with Gasteiger partial charge >= 0.3 is 0 Å². The van der Waals surface area contributed by atoms with Gasteiger partial charge < -0.3 is 0 Å². The van der Waals surface area contributed by atoms with E-state index in [2.05, 4.69) is 4.72 Å². The van der Waals surface area contributed by atoms with E-state index in [4.69, 9.17) is 0 Å². The van der Waals surface area contributed by atoms with Gasteiger partial charge in [0, 0.05) is 17.5 Å². The second-order valence-corrected chi connectivity index (χ2v) is 8.13. The highest BCUT2D eigenvalue weighted by molar-refractivity contribution is 8.00. The Kier molecular flexibility index (Phi) is 5.73. The summed E-state index contributed by atoms with van der Waals surface area (Å²) >= 11 is 1.90. The second kappa shape index (κ2) is 7.31. The van der Waals surface area contributed by atoms with E-state index in [0.29, 0.717) is 6.54 Å². The Bertz CT molecular complexity index is 467. The zero-order chi connectivity index (χ0) is 13.6. The maximum absolute atomic E-state index is 11.9. The first kappa shape index (κ1) is 14.9. The molecule has 1 saturated carbocycles. The summed E-state index contributed by atoms with van der Waals surface area (Å²) < 4.78 is 26.4. The molecule has 0 spiro atoms. The van der Waals surface area contributed by atoms with E-state index in [1.54, 1.807) is 0 Å². The number of sulfonamides is 1. The monoisotopic (exact) mass is 299 g/mol. The average molecular weight is 299 g/mol. The first-order valence-corrected chi connectivity index (χ1v) is 9.49. The SMILES string of the molecule is O=S(=O)(Cc1ccccc1)NCCSC1CCCC1. The van der Waals surface area contributed by atoms with Crippen molar-refractivity contribution in [3.63, 3.8) is 0 Å². The number of rotatable bonds is 7. The minimum Gasteiger partial charge on any atom is -0.214 e. The van der Waals surface area contributed by atoms with Crippen LogP contribution in [0.2, 0.25) is 0 Å². The molecule has 2 rings (SSSR count). The van der Waals surface area contributed by atoms with Gasteiger partial charge in [-0.05, 0) is 18.4 Å². The second-order valence-electron chi connectivity index (χ2n) is 4.92. The molecule has 1 aliphatic carbocycles. The molecule has 0 heterocycles. The van der Waals surface area contributed by atoms with Gasteiger partial charge in [-0.3, -0.25) is 0 Å². The summed E-state index contributed by atoms with van der Waals surface area (Å²) in [7, 11) is -3.19. The van der Waals surface area contributed by atoms with Crippen molar-refractivity contribution in [2.75, 3.05) is 12.3 Å². The Balaban J connectivity index is 1.69. The molecule has 0 aromatic heterocycles. The summed E-state index contributed by atoms with van der Waals surface area (Å²) in [6.07, 6.45) is 5.25. The van der Waals surface area contributed by atoms with Gasteiger partial charge in [0.2, 0.25) is 10.0 Å². The smallest absolute Gasteiger partial charge is 0.214 e. The molecule has 0 bridgehead atoms. The lowest BCUT2D eigenvalue weighted by Crippen LogP contribution is -2.27. The van der Waals surface area contributed by atoms with E-state index < -0.39 is 10.0 Å². The summed E-state index contributed by atoms with van der Waals surface area (Å²) in [5.41, 5.74) is 0.832. The number of thioether (sulfide) groups is 1. The van der Waals surface area contributed by atoms with Crippen LogP contribution in [0.4, 0.5) is 0 Å². The Hall–Kier alpha value is -0.520. The van der Waals surface area contributed by atoms with Gasteiger partial charge in [0.1, 0.15) is 0 Å². The van der Waals surface area contributed by atoms with Gasteiger partial charge in [-0.1, -0.05) is 43.2 Å². The van der Waals surface area contributed by atoms with Gasteiger partial charge in [-0.2, -0.15) is 11.8 Å². The third kappa shape index (κ3) is 5.55. The molecule has 0 atom stereocenters. The fourth-order valence-electron chi connectivity index (χ4n) is 2.32. The predicted octanol–water partition coefficient (Wildman–Crippen LogP) is 2.78. The van der Waals surface area contributed by atoms with E-state index >= 15 is 0 Å². The van der Waals surface area contributed by atoms with Crippen LogP contribution in [0.25, 0.3) is 0 Å². The quantitative estimate of drug-likeness (QED) is 0.788. The molecule has 1 aromatic carbocycles. The maximum atomic E-state index is 11.9. The molecule has 1 N–H and O–H groups in total. The standard InChI is InChI=1S/C14H21NO2S2/c16-19(17,12-13-6-2-1-3-7-13)15-10-11-18-14-8-4-5-9-14/h1-3,6-7,14-15H,4-5,8-12H2. The van der Waals surface area contributed by atoms with Crippen LogP contribution in [-0.2, 0) is 15.8 Å². The summed E-state index contributed by atoms with van der Waals surface area (Å²) in [5, 5.41) is 0.749. The van der Waals surface area contributed by atoms with Crippen LogP contribution in [0.5, 0.6) is 0 Å². The maximum Gasteiger partial charge on any atom is 0.215 e. The fourth-order valence-corrected chi connectivity index (χ4v) is 4.82. The van der Waals surface area contributed by atoms with E-state index in [1.807, 2.05) is 42.1 Å². The molecule has 19 heavy (non-hydrogen) atoms. The fraction of sp³-hybridized carbons (Fsp3) is 0.571. The van der Waals surface area contributed by atoms with Gasteiger partial charge in [0.05, 0.1) is 5.75 Å². The van der Waals surface area contributed by atoms with Crippen LogP contribution in [0, 0.1) is 0 Å². The van der Waals surface area contributed by atoms with Gasteiger partial charge in [-0.15, -0.1) is 0 Å². The van der Waals surface area contributed by atoms with Crippen LogP contribution in [0.1, 0.15) is 31.2 Å². The molecule has 1 aliphatic rings. The molecular weight excluding hydrogens is 278 g/mol. The highest BCUT2D eigenvalue weighted by atomic mass is 32.2. The van der Waals surface area contributed by atoms with Crippen LogP contribution >= 0.6 is 11.8 Å². The summed E-state index contributed by atoms with van der Waals surface area (Å²) in [6.45, 7) is 0.538. The minimum absolute atomic E-state index is 0.0714. The highest BCUT2D eigenvalue weighted by Gasteiger charge is 2.15. The third-order valence-corrected chi connectivity index (χ3v) is 6.02. The number of nitrogens with one attached hydrogen (secondary N) is 1. The zero-order valence-corrected chi connectivity index (χ0v) is 12.7. The van der Waals surface area contributed by atoms with Crippen molar-refractivity contribution in [3.8, 4) is 0 Å². The van der Waals surface area contributed by atoms with Crippen LogP contribution < -0.4 is 4.72 Å². The first-order valence-electron chi connectivity index (χ1n) is 6.78. The first-order chi connectivity index (χ1) is 9.16. The molecule has 0 radical (unpaired) electrons. The predicted molar refractivity (Wildman–Crippen MR) is 81.8 cm³/mol. The van der Waals surface area contributed by atoms with Crippen molar-refractivity contribution in [3.05, 3.63) is 35.9 Å². The van der Waals surface area contributed by atoms with Gasteiger partial charge in [0.25, 0.3) is 0 Å². The molecule has 1 aromatic rings. The number of hydrogen-bond acceptors (Lipinski definition) is 3. The van der Waals surface area contributed by atoms with E-state index in [9.17, 15) is 8.42 Å². The minimum atomic E-state index is -3.19. The number of benzene rings is 1. The van der Waals surface area contributed by atoms with E-state index in [1.165, 1.54) is 25.7 Å². The van der Waals surface area contributed by atoms with Gasteiger partial charge in [-0.25, -0.2) is 13.1 Å². The molecule has 0 saturated heterocycles. The highest BCUT2D eigenvalue weighted by Crippen LogP contribution is 2.28. The summed E-state index contributed by atoms with van der Waals surface area (Å²) in [6, 6.07) is 9.29. The average Bonchev–Trinajstić information content (AvgIpc) is 2.88. The molecule has 1 fully saturated rings. The molecular formula is C14H21NO2S2. The van der Waals surface area contributed by atoms with Crippen LogP contribution in [0.3, 0.4) is 0 Å². The van der Waals surface area contributed by atoms with Gasteiger partial charge in [0.15, 0.2) is 0 Å². The lowest BCUT2D eigenvalue weighted by atomic mass is 10.2. The lowest BCUT2D eigenvalue weighted by Gasteiger charge is -2.10. The van der Waals surface area contributed by atoms with Crippen molar-refractivity contribution in [1.29, 1.82) is 0 Å². The largest absolute Gasteiger partial charge is 0.215 e. The lowest BCUT2D eigenvalue weighted by molar-refractivity contribution is 0.583. The van der Waals surface area contributed by atoms with Crippen molar-refractivity contribution in [1.82, 2.24) is 4.72 Å². The molecule has 3 nitrogen and oxygen atoms in total. The van der Waals surface area contributed by atoms with Crippen molar-refractivity contribution < 1.29 is 8.42 Å². The molecule has 0 aliphatic heterocycles. The van der Waals surface area contributed by atoms with Crippen molar-refractivity contribution >= 4 is 21.8 Å². The van der Waals surface area contributed by atoms with Crippen LogP contribution in [0.15, 0.2) is 30.3 Å². The molecule has 106 valence electrons. The Morgan fingerprint density at radius 3 is 2.53 bits per heavy atom. The van der Waals surface area contributed by atoms with Crippen molar-refractivity contribution in [2.24, 2.45) is 0 Å². The van der Waals surface area contributed by atoms with Crippen molar-refractivity contribution in [2.45, 2.75) is 36.7 Å².